The van der Waals surface area contributed by atoms with Gasteiger partial charge in [-0.25, -0.2) is 4.99 Å². The quantitative estimate of drug-likeness (QED) is 0.405. The molecule has 0 aromatic heterocycles. The Morgan fingerprint density at radius 3 is 2.46 bits per heavy atom. The highest BCUT2D eigenvalue weighted by atomic mass is 35.5. The maximum Gasteiger partial charge on any atom is 0.238 e. The van der Waals surface area contributed by atoms with Crippen LogP contribution in [0.2, 0.25) is 5.02 Å². The van der Waals surface area contributed by atoms with Crippen molar-refractivity contribution in [3.63, 3.8) is 0 Å². The second kappa shape index (κ2) is 12.0. The second-order valence-electron chi connectivity index (χ2n) is 8.07. The smallest absolute Gasteiger partial charge is 0.238 e. The number of ether oxygens (including phenoxy) is 3. The van der Waals surface area contributed by atoms with Crippen molar-refractivity contribution in [3.05, 3.63) is 77.3 Å². The van der Waals surface area contributed by atoms with Crippen molar-refractivity contribution < 1.29 is 23.8 Å². The topological polar surface area (TPSA) is 89.5 Å². The molecule has 192 valence electrons. The average Bonchev–Trinajstić information content (AvgIpc) is 2.90. The molecule has 1 fully saturated rings. The molecule has 0 bridgehead atoms. The Morgan fingerprint density at radius 2 is 1.78 bits per heavy atom. The summed E-state index contributed by atoms with van der Waals surface area (Å²) in [4.78, 5) is 32.7. The highest BCUT2D eigenvalue weighted by molar-refractivity contribution is 8.15. The number of benzene rings is 3. The van der Waals surface area contributed by atoms with Crippen LogP contribution in [0.25, 0.3) is 0 Å². The summed E-state index contributed by atoms with van der Waals surface area (Å²) in [5.74, 6) is 1.33. The number of nitrogens with one attached hydrogen (secondary N) is 1. The molecule has 1 heterocycles. The standard InChI is InChI=1S/C27H26ClN3O5S/c1-34-21-10-8-19(9-11-21)30-27-31(16-17-7-12-22(35-2)23(13-17)36-3)25(32)15-24(37-27)26(33)29-20-6-4-5-18(28)14-20/h4-14,24H,15-16H2,1-3H3,(H,29,33)/t24-/m0/s1. The molecule has 0 unspecified atom stereocenters. The molecule has 0 saturated carbocycles. The second-order valence-corrected chi connectivity index (χ2v) is 9.68. The SMILES string of the molecule is COc1ccc(N=C2S[C@H](C(=O)Nc3cccc(Cl)c3)CC(=O)N2Cc2ccc(OC)c(OC)c2)cc1. The first-order valence-electron chi connectivity index (χ1n) is 11.4. The number of nitrogens with zero attached hydrogens (tertiary/aromatic N) is 2. The van der Waals surface area contributed by atoms with Crippen molar-refractivity contribution in [3.8, 4) is 17.2 Å². The first kappa shape index (κ1) is 26.4. The normalized spacial score (nSPS) is 16.4. The number of aliphatic imine (C=N–C) groups is 1. The van der Waals surface area contributed by atoms with Gasteiger partial charge in [0.25, 0.3) is 0 Å². The molecular weight excluding hydrogens is 514 g/mol. The number of amides is 2. The maximum atomic E-state index is 13.4. The van der Waals surface area contributed by atoms with Gasteiger partial charge >= 0.3 is 0 Å². The van der Waals surface area contributed by atoms with Crippen LogP contribution in [-0.4, -0.2) is 48.5 Å². The van der Waals surface area contributed by atoms with Crippen LogP contribution in [0.1, 0.15) is 12.0 Å². The molecule has 0 spiro atoms. The first-order valence-corrected chi connectivity index (χ1v) is 12.6. The van der Waals surface area contributed by atoms with Gasteiger partial charge in [-0.15, -0.1) is 0 Å². The number of halogens is 1. The number of hydrogen-bond donors (Lipinski definition) is 1. The van der Waals surface area contributed by atoms with Gasteiger partial charge in [0, 0.05) is 17.1 Å². The maximum absolute atomic E-state index is 13.4. The van der Waals surface area contributed by atoms with Gasteiger partial charge in [0.05, 0.1) is 33.6 Å². The van der Waals surface area contributed by atoms with Crippen LogP contribution in [0, 0.1) is 0 Å². The van der Waals surface area contributed by atoms with Gasteiger partial charge in [0.2, 0.25) is 11.8 Å². The molecule has 4 rings (SSSR count). The van der Waals surface area contributed by atoms with Crippen LogP contribution >= 0.6 is 23.4 Å². The Hall–Kier alpha value is -3.69. The van der Waals surface area contributed by atoms with Gasteiger partial charge in [-0.1, -0.05) is 35.5 Å². The molecule has 1 saturated heterocycles. The van der Waals surface area contributed by atoms with E-state index in [4.69, 9.17) is 30.8 Å². The van der Waals surface area contributed by atoms with Gasteiger partial charge in [0.1, 0.15) is 11.0 Å². The van der Waals surface area contributed by atoms with Crippen LogP contribution in [0.3, 0.4) is 0 Å². The molecule has 3 aromatic carbocycles. The lowest BCUT2D eigenvalue weighted by molar-refractivity contribution is -0.129. The number of rotatable bonds is 8. The van der Waals surface area contributed by atoms with Crippen LogP contribution in [0.15, 0.2) is 71.7 Å². The molecule has 1 atom stereocenters. The first-order chi connectivity index (χ1) is 17.9. The summed E-state index contributed by atoms with van der Waals surface area (Å²) in [6.45, 7) is 0.254. The third-order valence-electron chi connectivity index (χ3n) is 5.61. The van der Waals surface area contributed by atoms with Gasteiger partial charge < -0.3 is 19.5 Å². The third-order valence-corrected chi connectivity index (χ3v) is 7.03. The van der Waals surface area contributed by atoms with Crippen molar-refractivity contribution in [2.75, 3.05) is 26.6 Å². The fraction of sp³-hybridized carbons (Fsp3) is 0.222. The number of carbonyl (C=O) groups excluding carboxylic acids is 2. The van der Waals surface area contributed by atoms with E-state index in [2.05, 4.69) is 5.32 Å². The summed E-state index contributed by atoms with van der Waals surface area (Å²) in [7, 11) is 4.71. The van der Waals surface area contributed by atoms with Gasteiger partial charge in [-0.3, -0.25) is 14.5 Å². The molecule has 37 heavy (non-hydrogen) atoms. The molecule has 0 aliphatic carbocycles. The van der Waals surface area contributed by atoms with Crippen molar-refractivity contribution >= 4 is 51.7 Å². The van der Waals surface area contributed by atoms with Crippen molar-refractivity contribution in [1.29, 1.82) is 0 Å². The zero-order valence-electron chi connectivity index (χ0n) is 20.6. The Kier molecular flexibility index (Phi) is 8.58. The minimum atomic E-state index is -0.662. The molecule has 10 heteroatoms. The van der Waals surface area contributed by atoms with E-state index in [0.29, 0.717) is 38.8 Å². The van der Waals surface area contributed by atoms with Crippen LogP contribution in [0.5, 0.6) is 17.2 Å². The summed E-state index contributed by atoms with van der Waals surface area (Å²) >= 11 is 7.29. The monoisotopic (exact) mass is 539 g/mol. The van der Waals surface area contributed by atoms with E-state index in [1.165, 1.54) is 11.8 Å². The number of amidine groups is 1. The number of anilines is 1. The Balaban J connectivity index is 1.62. The fourth-order valence-corrected chi connectivity index (χ4v) is 5.00. The van der Waals surface area contributed by atoms with Crippen molar-refractivity contribution in [2.24, 2.45) is 4.99 Å². The zero-order chi connectivity index (χ0) is 26.4. The Labute approximate surface area is 224 Å². The van der Waals surface area contributed by atoms with E-state index >= 15 is 0 Å². The fourth-order valence-electron chi connectivity index (χ4n) is 3.71. The molecule has 1 aliphatic rings. The minimum absolute atomic E-state index is 0.0198. The molecule has 2 amide bonds. The third kappa shape index (κ3) is 6.55. The predicted octanol–water partition coefficient (Wildman–Crippen LogP) is 5.53. The lowest BCUT2D eigenvalue weighted by Crippen LogP contribution is -2.44. The van der Waals surface area contributed by atoms with E-state index in [9.17, 15) is 9.59 Å². The number of thioether (sulfide) groups is 1. The average molecular weight is 540 g/mol. The molecule has 1 N–H and O–H groups in total. The van der Waals surface area contributed by atoms with Gasteiger partial charge in [-0.05, 0) is 60.2 Å². The summed E-state index contributed by atoms with van der Waals surface area (Å²) in [6.07, 6.45) is 0.0198. The highest BCUT2D eigenvalue weighted by Gasteiger charge is 2.36. The molecule has 3 aromatic rings. The molecule has 1 aliphatic heterocycles. The van der Waals surface area contributed by atoms with Crippen molar-refractivity contribution in [1.82, 2.24) is 4.90 Å². The van der Waals surface area contributed by atoms with E-state index in [-0.39, 0.29) is 24.8 Å². The van der Waals surface area contributed by atoms with E-state index in [1.807, 2.05) is 12.1 Å². The lowest BCUT2D eigenvalue weighted by atomic mass is 10.1. The zero-order valence-corrected chi connectivity index (χ0v) is 22.1. The molecular formula is C27H26ClN3O5S. The molecule has 8 nitrogen and oxygen atoms in total. The summed E-state index contributed by atoms with van der Waals surface area (Å²) in [5.41, 5.74) is 2.02. The largest absolute Gasteiger partial charge is 0.497 e. The summed E-state index contributed by atoms with van der Waals surface area (Å²) in [5, 5.41) is 3.11. The minimum Gasteiger partial charge on any atom is -0.497 e. The van der Waals surface area contributed by atoms with Crippen LogP contribution in [0.4, 0.5) is 11.4 Å². The lowest BCUT2D eigenvalue weighted by Gasteiger charge is -2.32. The molecule has 0 radical (unpaired) electrons. The van der Waals surface area contributed by atoms with Gasteiger partial charge in [-0.2, -0.15) is 0 Å². The number of carbonyl (C=O) groups is 2. The number of hydrogen-bond acceptors (Lipinski definition) is 7. The Morgan fingerprint density at radius 1 is 1.03 bits per heavy atom. The van der Waals surface area contributed by atoms with E-state index in [1.54, 1.807) is 80.8 Å². The van der Waals surface area contributed by atoms with Crippen molar-refractivity contribution in [2.45, 2.75) is 18.2 Å². The summed E-state index contributed by atoms with van der Waals surface area (Å²) < 4.78 is 16.0. The summed E-state index contributed by atoms with van der Waals surface area (Å²) in [6, 6.07) is 19.5. The van der Waals surface area contributed by atoms with Crippen LogP contribution < -0.4 is 19.5 Å². The Bertz CT molecular complexity index is 1320. The predicted molar refractivity (Wildman–Crippen MR) is 146 cm³/mol. The number of methoxy groups -OCH3 is 3. The van der Waals surface area contributed by atoms with Gasteiger partial charge in [0.15, 0.2) is 16.7 Å². The van der Waals surface area contributed by atoms with Crippen LogP contribution in [-0.2, 0) is 16.1 Å². The van der Waals surface area contributed by atoms with E-state index in [0.717, 1.165) is 5.56 Å². The van der Waals surface area contributed by atoms with E-state index < -0.39 is 5.25 Å². The highest BCUT2D eigenvalue weighted by Crippen LogP contribution is 2.33.